The topological polar surface area (TPSA) is 76.9 Å². The number of nitrogens with zero attached hydrogens (tertiary/aromatic N) is 3. The van der Waals surface area contributed by atoms with Gasteiger partial charge in [0.25, 0.3) is 10.0 Å². The molecule has 1 N–H and O–H groups in total. The minimum atomic E-state index is -3.76. The Hall–Kier alpha value is -1.31. The monoisotopic (exact) mass is 320 g/mol. The molecular weight excluding hydrogens is 311 g/mol. The van der Waals surface area contributed by atoms with Gasteiger partial charge in [-0.1, -0.05) is 23.2 Å². The van der Waals surface area contributed by atoms with E-state index in [9.17, 15) is 8.42 Å². The molecule has 0 saturated heterocycles. The van der Waals surface area contributed by atoms with E-state index in [2.05, 4.69) is 14.8 Å². The summed E-state index contributed by atoms with van der Waals surface area (Å²) in [7, 11) is -3.76. The fourth-order valence-corrected chi connectivity index (χ4v) is 2.69. The van der Waals surface area contributed by atoms with Crippen LogP contribution in [0.2, 0.25) is 10.2 Å². The number of hydrogen-bond donors (Lipinski definition) is 1. The van der Waals surface area contributed by atoms with Gasteiger partial charge in [-0.3, -0.25) is 9.40 Å². The SMILES string of the molecule is CCn1cc(NS(=O)(=O)c2cnc(Cl)c(Cl)c2)cn1. The first kappa shape index (κ1) is 14.1. The van der Waals surface area contributed by atoms with Gasteiger partial charge in [-0.2, -0.15) is 5.10 Å². The lowest BCUT2D eigenvalue weighted by molar-refractivity contribution is 0.601. The maximum Gasteiger partial charge on any atom is 0.263 e. The Balaban J connectivity index is 2.29. The first-order valence-corrected chi connectivity index (χ1v) is 7.52. The molecule has 2 rings (SSSR count). The quantitative estimate of drug-likeness (QED) is 0.877. The molecule has 0 amide bonds. The summed E-state index contributed by atoms with van der Waals surface area (Å²) in [6.07, 6.45) is 4.15. The van der Waals surface area contributed by atoms with Crippen molar-refractivity contribution in [1.82, 2.24) is 14.8 Å². The lowest BCUT2D eigenvalue weighted by Crippen LogP contribution is -2.13. The van der Waals surface area contributed by atoms with Crippen molar-refractivity contribution < 1.29 is 8.42 Å². The van der Waals surface area contributed by atoms with Crippen LogP contribution in [0.25, 0.3) is 0 Å². The van der Waals surface area contributed by atoms with Crippen molar-refractivity contribution in [3.05, 3.63) is 34.8 Å². The van der Waals surface area contributed by atoms with Gasteiger partial charge in [0.15, 0.2) is 0 Å². The van der Waals surface area contributed by atoms with Crippen molar-refractivity contribution in [2.45, 2.75) is 18.4 Å². The summed E-state index contributed by atoms with van der Waals surface area (Å²) in [5, 5.41) is 4.10. The predicted octanol–water partition coefficient (Wildman–Crippen LogP) is 2.41. The highest BCUT2D eigenvalue weighted by Crippen LogP contribution is 2.23. The molecule has 0 aliphatic rings. The van der Waals surface area contributed by atoms with Crippen LogP contribution in [0.5, 0.6) is 0 Å². The first-order chi connectivity index (χ1) is 8.92. The molecule has 0 unspecified atom stereocenters. The Morgan fingerprint density at radius 3 is 2.68 bits per heavy atom. The van der Waals surface area contributed by atoms with Crippen molar-refractivity contribution >= 4 is 38.9 Å². The molecule has 9 heteroatoms. The number of anilines is 1. The van der Waals surface area contributed by atoms with Gasteiger partial charge in [-0.05, 0) is 13.0 Å². The number of halogens is 2. The zero-order valence-corrected chi connectivity index (χ0v) is 12.2. The van der Waals surface area contributed by atoms with Crippen molar-refractivity contribution in [1.29, 1.82) is 0 Å². The standard InChI is InChI=1S/C10H10Cl2N4O2S/c1-2-16-6-7(4-14-16)15-19(17,18)8-3-9(11)10(12)13-5-8/h3-6,15H,2H2,1H3. The summed E-state index contributed by atoms with van der Waals surface area (Å²) in [6, 6.07) is 1.24. The number of aryl methyl sites for hydroxylation is 1. The third-order valence-electron chi connectivity index (χ3n) is 2.29. The molecule has 102 valence electrons. The zero-order valence-electron chi connectivity index (χ0n) is 9.84. The van der Waals surface area contributed by atoms with Gasteiger partial charge in [0.2, 0.25) is 0 Å². The highest BCUT2D eigenvalue weighted by atomic mass is 35.5. The number of pyridine rings is 1. The molecule has 2 heterocycles. The van der Waals surface area contributed by atoms with Crippen LogP contribution >= 0.6 is 23.2 Å². The zero-order chi connectivity index (χ0) is 14.0. The van der Waals surface area contributed by atoms with Crippen molar-refractivity contribution in [3.8, 4) is 0 Å². The molecule has 0 aliphatic carbocycles. The van der Waals surface area contributed by atoms with Crippen LogP contribution in [0.1, 0.15) is 6.92 Å². The number of rotatable bonds is 4. The maximum atomic E-state index is 12.1. The van der Waals surface area contributed by atoms with E-state index < -0.39 is 10.0 Å². The molecular formula is C10H10Cl2N4O2S. The molecule has 0 atom stereocenters. The van der Waals surface area contributed by atoms with E-state index in [0.717, 1.165) is 6.20 Å². The summed E-state index contributed by atoms with van der Waals surface area (Å²) in [5.74, 6) is 0. The lowest BCUT2D eigenvalue weighted by atomic mass is 10.5. The fourth-order valence-electron chi connectivity index (χ4n) is 1.35. The average Bonchev–Trinajstić information content (AvgIpc) is 2.79. The van der Waals surface area contributed by atoms with Crippen LogP contribution in [0.4, 0.5) is 5.69 Å². The lowest BCUT2D eigenvalue weighted by Gasteiger charge is -2.06. The molecule has 0 bridgehead atoms. The Morgan fingerprint density at radius 1 is 1.37 bits per heavy atom. The molecule has 2 aromatic heterocycles. The Bertz CT molecular complexity index is 699. The van der Waals surface area contributed by atoms with Crippen molar-refractivity contribution in [3.63, 3.8) is 0 Å². The fraction of sp³-hybridized carbons (Fsp3) is 0.200. The minimum Gasteiger partial charge on any atom is -0.276 e. The van der Waals surface area contributed by atoms with E-state index in [1.54, 1.807) is 10.9 Å². The Labute approximate surface area is 120 Å². The summed E-state index contributed by atoms with van der Waals surface area (Å²) in [6.45, 7) is 2.55. The highest BCUT2D eigenvalue weighted by molar-refractivity contribution is 7.92. The molecule has 0 saturated carbocycles. The van der Waals surface area contributed by atoms with Crippen molar-refractivity contribution in [2.75, 3.05) is 4.72 Å². The van der Waals surface area contributed by atoms with E-state index in [1.165, 1.54) is 12.3 Å². The van der Waals surface area contributed by atoms with Crippen LogP contribution in [0, 0.1) is 0 Å². The van der Waals surface area contributed by atoms with Gasteiger partial charge in [0.1, 0.15) is 10.0 Å². The second kappa shape index (κ2) is 5.36. The average molecular weight is 321 g/mol. The molecule has 2 aromatic rings. The molecule has 0 aliphatic heterocycles. The second-order valence-electron chi connectivity index (χ2n) is 3.63. The highest BCUT2D eigenvalue weighted by Gasteiger charge is 2.17. The minimum absolute atomic E-state index is 0.0550. The molecule has 0 radical (unpaired) electrons. The molecule has 0 aromatic carbocycles. The Morgan fingerprint density at radius 2 is 2.11 bits per heavy atom. The van der Waals surface area contributed by atoms with Crippen LogP contribution in [0.3, 0.4) is 0 Å². The molecule has 6 nitrogen and oxygen atoms in total. The number of nitrogens with one attached hydrogen (secondary N) is 1. The summed E-state index contributed by atoms with van der Waals surface area (Å²) < 4.78 is 28.1. The third-order valence-corrected chi connectivity index (χ3v) is 4.33. The van der Waals surface area contributed by atoms with Crippen LogP contribution in [0.15, 0.2) is 29.6 Å². The van der Waals surface area contributed by atoms with Gasteiger partial charge in [-0.15, -0.1) is 0 Å². The molecule has 0 fully saturated rings. The third kappa shape index (κ3) is 3.17. The van der Waals surface area contributed by atoms with E-state index >= 15 is 0 Å². The summed E-state index contributed by atoms with van der Waals surface area (Å²) in [4.78, 5) is 3.64. The number of aromatic nitrogens is 3. The first-order valence-electron chi connectivity index (χ1n) is 5.28. The largest absolute Gasteiger partial charge is 0.276 e. The number of hydrogen-bond acceptors (Lipinski definition) is 4. The van der Waals surface area contributed by atoms with E-state index in [-0.39, 0.29) is 15.1 Å². The van der Waals surface area contributed by atoms with E-state index in [1.807, 2.05) is 6.92 Å². The van der Waals surface area contributed by atoms with Gasteiger partial charge >= 0.3 is 0 Å². The van der Waals surface area contributed by atoms with Crippen molar-refractivity contribution in [2.24, 2.45) is 0 Å². The van der Waals surface area contributed by atoms with E-state index in [0.29, 0.717) is 12.2 Å². The van der Waals surface area contributed by atoms with Gasteiger partial charge < -0.3 is 0 Å². The van der Waals surface area contributed by atoms with Crippen LogP contribution in [-0.4, -0.2) is 23.2 Å². The summed E-state index contributed by atoms with van der Waals surface area (Å²) >= 11 is 11.4. The van der Waals surface area contributed by atoms with Crippen LogP contribution < -0.4 is 4.72 Å². The van der Waals surface area contributed by atoms with Gasteiger partial charge in [-0.25, -0.2) is 13.4 Å². The Kier molecular flexibility index (Phi) is 3.98. The van der Waals surface area contributed by atoms with Gasteiger partial charge in [0.05, 0.1) is 16.9 Å². The molecule has 19 heavy (non-hydrogen) atoms. The smallest absolute Gasteiger partial charge is 0.263 e. The van der Waals surface area contributed by atoms with E-state index in [4.69, 9.17) is 23.2 Å². The number of sulfonamides is 1. The molecule has 0 spiro atoms. The van der Waals surface area contributed by atoms with Gasteiger partial charge in [0, 0.05) is 18.9 Å². The summed E-state index contributed by atoms with van der Waals surface area (Å²) in [5.41, 5.74) is 0.368. The second-order valence-corrected chi connectivity index (χ2v) is 6.08. The predicted molar refractivity (Wildman–Crippen MR) is 73.0 cm³/mol. The maximum absolute atomic E-state index is 12.1. The normalized spacial score (nSPS) is 11.5. The van der Waals surface area contributed by atoms with Crippen LogP contribution in [-0.2, 0) is 16.6 Å².